The molecular weight excluding hydrogens is 500 g/mol. The highest BCUT2D eigenvalue weighted by Crippen LogP contribution is 2.41. The Kier molecular flexibility index (Phi) is 4.96. The van der Waals surface area contributed by atoms with Gasteiger partial charge in [-0.15, -0.1) is 0 Å². The lowest BCUT2D eigenvalue weighted by atomic mass is 9.83. The Bertz CT molecular complexity index is 1590. The van der Waals surface area contributed by atoms with Gasteiger partial charge >= 0.3 is 0 Å². The third-order valence-electron chi connectivity index (χ3n) is 6.17. The number of thiazole rings is 1. The predicted octanol–water partition coefficient (Wildman–Crippen LogP) is 4.68. The van der Waals surface area contributed by atoms with Gasteiger partial charge in [0, 0.05) is 11.6 Å². The van der Waals surface area contributed by atoms with Crippen molar-refractivity contribution in [2.24, 2.45) is 4.99 Å². The van der Waals surface area contributed by atoms with Crippen LogP contribution in [0.5, 0.6) is 5.75 Å². The quantitative estimate of drug-likeness (QED) is 0.395. The highest BCUT2D eigenvalue weighted by molar-refractivity contribution is 9.10. The van der Waals surface area contributed by atoms with E-state index in [9.17, 15) is 4.79 Å². The fraction of sp³-hybridized carbons (Fsp3) is 0.154. The van der Waals surface area contributed by atoms with Crippen LogP contribution in [-0.2, 0) is 6.42 Å². The number of hydrogen-bond donors (Lipinski definition) is 0. The van der Waals surface area contributed by atoms with Crippen LogP contribution >= 0.6 is 27.3 Å². The van der Waals surface area contributed by atoms with Crippen molar-refractivity contribution in [1.82, 2.24) is 4.57 Å². The normalized spacial score (nSPS) is 17.3. The smallest absolute Gasteiger partial charge is 0.271 e. The Hall–Kier alpha value is -3.16. The fourth-order valence-electron chi connectivity index (χ4n) is 4.64. The zero-order valence-corrected chi connectivity index (χ0v) is 20.2. The van der Waals surface area contributed by atoms with Crippen molar-refractivity contribution < 1.29 is 9.15 Å². The van der Waals surface area contributed by atoms with Gasteiger partial charge in [0.15, 0.2) is 9.47 Å². The van der Waals surface area contributed by atoms with Gasteiger partial charge < -0.3 is 9.15 Å². The van der Waals surface area contributed by atoms with E-state index in [1.807, 2.05) is 41.0 Å². The summed E-state index contributed by atoms with van der Waals surface area (Å²) in [4.78, 5) is 19.4. The first-order chi connectivity index (χ1) is 16.1. The van der Waals surface area contributed by atoms with Crippen LogP contribution in [0.3, 0.4) is 0 Å². The van der Waals surface area contributed by atoms with Gasteiger partial charge in [0.05, 0.1) is 23.4 Å². The molecule has 0 spiro atoms. The molecule has 3 heterocycles. The topological polar surface area (TPSA) is 56.7 Å². The first-order valence-electron chi connectivity index (χ1n) is 10.6. The predicted molar refractivity (Wildman–Crippen MR) is 132 cm³/mol. The first kappa shape index (κ1) is 20.4. The van der Waals surface area contributed by atoms with E-state index in [-0.39, 0.29) is 11.6 Å². The summed E-state index contributed by atoms with van der Waals surface area (Å²) in [5.74, 6) is 1.42. The molecule has 33 heavy (non-hydrogen) atoms. The lowest BCUT2D eigenvalue weighted by Gasteiger charge is -2.30. The number of furan rings is 1. The second kappa shape index (κ2) is 8.01. The number of fused-ring (bicyclic) bond motifs is 3. The Morgan fingerprint density at radius 2 is 1.94 bits per heavy atom. The Morgan fingerprint density at radius 1 is 1.12 bits per heavy atom. The molecule has 0 unspecified atom stereocenters. The lowest BCUT2D eigenvalue weighted by molar-refractivity contribution is 0.414. The van der Waals surface area contributed by atoms with Gasteiger partial charge in [-0.1, -0.05) is 47.7 Å². The number of rotatable bonds is 3. The van der Waals surface area contributed by atoms with Gasteiger partial charge in [-0.2, -0.15) is 0 Å². The van der Waals surface area contributed by atoms with Crippen molar-refractivity contribution in [2.45, 2.75) is 18.9 Å². The zero-order valence-electron chi connectivity index (χ0n) is 17.7. The molecule has 0 saturated heterocycles. The molecule has 2 aromatic carbocycles. The molecule has 1 aliphatic heterocycles. The standard InChI is InChI=1S/C26H19BrN2O3S/c1-31-17-9-6-16(7-10-17)24-20-12-8-15-4-2-3-5-19(15)23(20)28-26-29(24)25(30)21(33-26)14-18-11-13-22(27)32-18/h2-7,9-11,13-14,24H,8,12H2,1H3/b21-14-/t24-/m1/s1. The maximum atomic E-state index is 13.6. The lowest BCUT2D eigenvalue weighted by Crippen LogP contribution is -2.38. The number of aryl methyl sites for hydroxylation is 1. The molecular formula is C26H19BrN2O3S. The highest BCUT2D eigenvalue weighted by Gasteiger charge is 2.32. The van der Waals surface area contributed by atoms with E-state index >= 15 is 0 Å². The maximum absolute atomic E-state index is 13.6. The van der Waals surface area contributed by atoms with Gasteiger partial charge in [0.25, 0.3) is 5.56 Å². The van der Waals surface area contributed by atoms with Crippen LogP contribution in [0.15, 0.2) is 85.1 Å². The summed E-state index contributed by atoms with van der Waals surface area (Å²) >= 11 is 4.72. The van der Waals surface area contributed by atoms with Crippen molar-refractivity contribution in [2.75, 3.05) is 7.11 Å². The minimum atomic E-state index is -0.207. The molecule has 7 heteroatoms. The second-order valence-electron chi connectivity index (χ2n) is 8.03. The van der Waals surface area contributed by atoms with Gasteiger partial charge in [0.1, 0.15) is 11.5 Å². The van der Waals surface area contributed by atoms with Crippen LogP contribution in [0, 0.1) is 0 Å². The zero-order chi connectivity index (χ0) is 22.5. The molecule has 1 aliphatic carbocycles. The summed E-state index contributed by atoms with van der Waals surface area (Å²) in [6.45, 7) is 0. The minimum Gasteiger partial charge on any atom is -0.497 e. The highest BCUT2D eigenvalue weighted by atomic mass is 79.9. The Labute approximate surface area is 202 Å². The number of nitrogens with zero attached hydrogens (tertiary/aromatic N) is 2. The summed E-state index contributed by atoms with van der Waals surface area (Å²) in [7, 11) is 1.66. The fourth-order valence-corrected chi connectivity index (χ4v) is 5.94. The number of hydrogen-bond acceptors (Lipinski definition) is 5. The van der Waals surface area contributed by atoms with Gasteiger partial charge in [-0.3, -0.25) is 9.36 Å². The SMILES string of the molecule is COc1ccc([C@@H]2C3=C(N=c4s/c(=C\c5ccc(Br)o5)c(=O)n42)c2ccccc2CC3)cc1. The van der Waals surface area contributed by atoms with Crippen LogP contribution < -0.4 is 19.6 Å². The van der Waals surface area contributed by atoms with Crippen molar-refractivity contribution in [3.63, 3.8) is 0 Å². The van der Waals surface area contributed by atoms with E-state index in [1.165, 1.54) is 22.5 Å². The third kappa shape index (κ3) is 3.43. The van der Waals surface area contributed by atoms with Gasteiger partial charge in [-0.05, 0) is 69.7 Å². The summed E-state index contributed by atoms with van der Waals surface area (Å²) in [6, 6.07) is 19.9. The molecule has 2 aromatic heterocycles. The largest absolute Gasteiger partial charge is 0.497 e. The van der Waals surface area contributed by atoms with Gasteiger partial charge in [-0.25, -0.2) is 4.99 Å². The number of ether oxygens (including phenoxy) is 1. The summed E-state index contributed by atoms with van der Waals surface area (Å²) in [5.41, 5.74) is 5.62. The number of allylic oxidation sites excluding steroid dienone is 1. The summed E-state index contributed by atoms with van der Waals surface area (Å²) < 4.78 is 14.0. The molecule has 0 amide bonds. The second-order valence-corrected chi connectivity index (χ2v) is 9.82. The molecule has 5 nitrogen and oxygen atoms in total. The van der Waals surface area contributed by atoms with Crippen LogP contribution in [0.25, 0.3) is 11.8 Å². The van der Waals surface area contributed by atoms with Crippen molar-refractivity contribution in [1.29, 1.82) is 0 Å². The molecule has 0 N–H and O–H groups in total. The third-order valence-corrected chi connectivity index (χ3v) is 7.58. The molecule has 2 aliphatic rings. The monoisotopic (exact) mass is 518 g/mol. The minimum absolute atomic E-state index is 0.0579. The van der Waals surface area contributed by atoms with Crippen LogP contribution in [-0.4, -0.2) is 11.7 Å². The molecule has 164 valence electrons. The van der Waals surface area contributed by atoms with E-state index in [4.69, 9.17) is 14.1 Å². The van der Waals surface area contributed by atoms with E-state index < -0.39 is 0 Å². The number of methoxy groups -OCH3 is 1. The van der Waals surface area contributed by atoms with Crippen LogP contribution in [0.4, 0.5) is 0 Å². The van der Waals surface area contributed by atoms with Crippen LogP contribution in [0.1, 0.15) is 34.9 Å². The van der Waals surface area contributed by atoms with E-state index in [0.717, 1.165) is 35.4 Å². The molecule has 0 radical (unpaired) electrons. The van der Waals surface area contributed by atoms with Gasteiger partial charge in [0.2, 0.25) is 0 Å². The van der Waals surface area contributed by atoms with Crippen molar-refractivity contribution in [3.8, 4) is 5.75 Å². The molecule has 4 aromatic rings. The van der Waals surface area contributed by atoms with E-state index in [1.54, 1.807) is 13.2 Å². The molecule has 0 fully saturated rings. The molecule has 0 saturated carbocycles. The van der Waals surface area contributed by atoms with Crippen molar-refractivity contribution >= 4 is 39.0 Å². The number of benzene rings is 2. The average Bonchev–Trinajstić information content (AvgIpc) is 3.40. The summed E-state index contributed by atoms with van der Waals surface area (Å²) in [6.07, 6.45) is 3.58. The van der Waals surface area contributed by atoms with E-state index in [0.29, 0.717) is 19.8 Å². The van der Waals surface area contributed by atoms with Crippen molar-refractivity contribution in [3.05, 3.63) is 113 Å². The molecule has 1 atom stereocenters. The Morgan fingerprint density at radius 3 is 2.70 bits per heavy atom. The number of aromatic nitrogens is 1. The summed E-state index contributed by atoms with van der Waals surface area (Å²) in [5, 5.41) is 0. The molecule has 0 bridgehead atoms. The van der Waals surface area contributed by atoms with E-state index in [2.05, 4.69) is 40.2 Å². The Balaban J connectivity index is 1.62. The maximum Gasteiger partial charge on any atom is 0.271 e. The van der Waals surface area contributed by atoms with Crippen LogP contribution in [0.2, 0.25) is 0 Å². The average molecular weight is 519 g/mol. The molecule has 6 rings (SSSR count). The first-order valence-corrected chi connectivity index (χ1v) is 12.3. The number of halogens is 1.